The largest absolute Gasteiger partial charge is 0.493 e. The second-order valence-corrected chi connectivity index (χ2v) is 9.43. The molecule has 10 heteroatoms. The molecule has 0 bridgehead atoms. The number of aromatic nitrogens is 3. The first-order chi connectivity index (χ1) is 16.8. The van der Waals surface area contributed by atoms with Crippen molar-refractivity contribution in [2.24, 2.45) is 5.92 Å². The van der Waals surface area contributed by atoms with Crippen LogP contribution in [0.2, 0.25) is 0 Å². The lowest BCUT2D eigenvalue weighted by Crippen LogP contribution is -2.39. The standard InChI is InChI=1S/C25H27F2N5O3/c1-12-21(25(34)32-19-9-16(8-18(19)27)31-13(2)33)23-24(30-12)22(28-11-29-23)17-7-15(26)5-6-20(17)35-10-14-3-4-14/h5-7,11,14,16,18-19,30H,3-4,8-10H2,1-2H3,(H,31,33)(H,32,34)/t16-,18+,19+/m0/s1. The van der Waals surface area contributed by atoms with Crippen molar-refractivity contribution in [2.45, 2.75) is 57.8 Å². The third kappa shape index (κ3) is 4.82. The zero-order valence-electron chi connectivity index (χ0n) is 19.5. The summed E-state index contributed by atoms with van der Waals surface area (Å²) in [6.07, 6.45) is 2.73. The van der Waals surface area contributed by atoms with E-state index in [1.54, 1.807) is 13.0 Å². The van der Waals surface area contributed by atoms with Crippen LogP contribution in [0.25, 0.3) is 22.3 Å². The summed E-state index contributed by atoms with van der Waals surface area (Å²) in [5, 5.41) is 5.46. The zero-order valence-corrected chi connectivity index (χ0v) is 19.5. The summed E-state index contributed by atoms with van der Waals surface area (Å²) >= 11 is 0. The number of ether oxygens (including phenoxy) is 1. The number of aromatic amines is 1. The van der Waals surface area contributed by atoms with Gasteiger partial charge in [-0.3, -0.25) is 9.59 Å². The molecule has 2 amide bonds. The lowest BCUT2D eigenvalue weighted by Gasteiger charge is -2.15. The number of aryl methyl sites for hydroxylation is 1. The first-order valence-corrected chi connectivity index (χ1v) is 11.8. The van der Waals surface area contributed by atoms with Crippen molar-refractivity contribution in [3.8, 4) is 17.0 Å². The molecule has 8 nitrogen and oxygen atoms in total. The molecule has 2 aromatic heterocycles. The van der Waals surface area contributed by atoms with Crippen LogP contribution in [-0.4, -0.2) is 51.6 Å². The summed E-state index contributed by atoms with van der Waals surface area (Å²) in [7, 11) is 0. The monoisotopic (exact) mass is 483 g/mol. The van der Waals surface area contributed by atoms with Gasteiger partial charge in [-0.15, -0.1) is 0 Å². The van der Waals surface area contributed by atoms with Crippen LogP contribution in [0.1, 0.15) is 48.7 Å². The van der Waals surface area contributed by atoms with Gasteiger partial charge in [-0.05, 0) is 50.3 Å². The molecular weight excluding hydrogens is 456 g/mol. The molecule has 2 heterocycles. The van der Waals surface area contributed by atoms with Crippen molar-refractivity contribution in [3.63, 3.8) is 0 Å². The molecule has 2 aliphatic carbocycles. The Morgan fingerprint density at radius 3 is 2.74 bits per heavy atom. The second-order valence-electron chi connectivity index (χ2n) is 9.43. The van der Waals surface area contributed by atoms with Gasteiger partial charge in [0.15, 0.2) is 0 Å². The maximum atomic E-state index is 14.6. The molecule has 5 rings (SSSR count). The van der Waals surface area contributed by atoms with Gasteiger partial charge in [0, 0.05) is 30.6 Å². The Hall–Kier alpha value is -3.56. The number of carbonyl (C=O) groups excluding carboxylic acids is 2. The number of nitrogens with zero attached hydrogens (tertiary/aromatic N) is 2. The lowest BCUT2D eigenvalue weighted by atomic mass is 10.1. The highest BCUT2D eigenvalue weighted by Crippen LogP contribution is 2.37. The van der Waals surface area contributed by atoms with E-state index in [9.17, 15) is 18.4 Å². The molecule has 0 unspecified atom stereocenters. The number of rotatable bonds is 7. The molecule has 184 valence electrons. The van der Waals surface area contributed by atoms with Crippen LogP contribution in [0.3, 0.4) is 0 Å². The third-order valence-corrected chi connectivity index (χ3v) is 6.58. The van der Waals surface area contributed by atoms with Crippen molar-refractivity contribution >= 4 is 22.8 Å². The molecule has 0 aliphatic heterocycles. The van der Waals surface area contributed by atoms with E-state index in [0.717, 1.165) is 12.8 Å². The zero-order chi connectivity index (χ0) is 24.7. The minimum Gasteiger partial charge on any atom is -0.493 e. The second kappa shape index (κ2) is 9.24. The number of amides is 2. The summed E-state index contributed by atoms with van der Waals surface area (Å²) in [6, 6.07) is 3.22. The molecule has 3 N–H and O–H groups in total. The molecule has 1 aromatic carbocycles. The Balaban J connectivity index is 1.45. The average molecular weight is 484 g/mol. The number of benzene rings is 1. The topological polar surface area (TPSA) is 109 Å². The number of halogens is 2. The highest BCUT2D eigenvalue weighted by Gasteiger charge is 2.36. The molecule has 35 heavy (non-hydrogen) atoms. The van der Waals surface area contributed by atoms with Crippen LogP contribution in [0.4, 0.5) is 8.78 Å². The highest BCUT2D eigenvalue weighted by atomic mass is 19.1. The van der Waals surface area contributed by atoms with E-state index in [0.29, 0.717) is 52.7 Å². The van der Waals surface area contributed by atoms with Gasteiger partial charge in [0.1, 0.15) is 35.3 Å². The first-order valence-electron chi connectivity index (χ1n) is 11.8. The minimum atomic E-state index is -1.27. The first kappa shape index (κ1) is 23.2. The third-order valence-electron chi connectivity index (χ3n) is 6.58. The quantitative estimate of drug-likeness (QED) is 0.476. The Morgan fingerprint density at radius 1 is 1.20 bits per heavy atom. The van der Waals surface area contributed by atoms with Gasteiger partial charge in [0.2, 0.25) is 5.91 Å². The van der Waals surface area contributed by atoms with Crippen LogP contribution in [0.15, 0.2) is 24.5 Å². The average Bonchev–Trinajstić information content (AvgIpc) is 3.48. The molecule has 2 fully saturated rings. The molecular formula is C25H27F2N5O3. The number of alkyl halides is 1. The molecule has 2 aliphatic rings. The fourth-order valence-electron chi connectivity index (χ4n) is 4.69. The van der Waals surface area contributed by atoms with Gasteiger partial charge in [-0.1, -0.05) is 0 Å². The SMILES string of the molecule is CC(=O)N[C@H]1C[C@@H](F)[C@H](NC(=O)c2c(C)[nH]c3c(-c4cc(F)ccc4OCC4CC4)ncnc23)C1. The van der Waals surface area contributed by atoms with E-state index in [1.165, 1.54) is 25.4 Å². The van der Waals surface area contributed by atoms with E-state index < -0.39 is 23.9 Å². The Labute approximate surface area is 200 Å². The number of nitrogens with one attached hydrogen (secondary N) is 3. The van der Waals surface area contributed by atoms with E-state index >= 15 is 0 Å². The van der Waals surface area contributed by atoms with Crippen molar-refractivity contribution in [2.75, 3.05) is 6.61 Å². The van der Waals surface area contributed by atoms with Gasteiger partial charge >= 0.3 is 0 Å². The summed E-state index contributed by atoms with van der Waals surface area (Å²) in [6.45, 7) is 3.65. The van der Waals surface area contributed by atoms with Crippen LogP contribution in [0.5, 0.6) is 5.75 Å². The smallest absolute Gasteiger partial charge is 0.255 e. The van der Waals surface area contributed by atoms with Crippen molar-refractivity contribution in [3.05, 3.63) is 41.6 Å². The Kier molecular flexibility index (Phi) is 6.12. The van der Waals surface area contributed by atoms with Gasteiger partial charge in [-0.2, -0.15) is 0 Å². The van der Waals surface area contributed by atoms with Crippen LogP contribution in [-0.2, 0) is 4.79 Å². The van der Waals surface area contributed by atoms with Crippen molar-refractivity contribution in [1.82, 2.24) is 25.6 Å². The fraction of sp³-hybridized carbons (Fsp3) is 0.440. The Morgan fingerprint density at radius 2 is 2.00 bits per heavy atom. The van der Waals surface area contributed by atoms with Crippen LogP contribution in [0, 0.1) is 18.7 Å². The summed E-state index contributed by atoms with van der Waals surface area (Å²) in [5.74, 6) is -0.119. The molecule has 0 spiro atoms. The maximum Gasteiger partial charge on any atom is 0.255 e. The summed E-state index contributed by atoms with van der Waals surface area (Å²) < 4.78 is 34.7. The lowest BCUT2D eigenvalue weighted by molar-refractivity contribution is -0.119. The van der Waals surface area contributed by atoms with E-state index in [4.69, 9.17) is 4.74 Å². The van der Waals surface area contributed by atoms with Gasteiger partial charge < -0.3 is 20.4 Å². The predicted molar refractivity (Wildman–Crippen MR) is 125 cm³/mol. The molecule has 3 atom stereocenters. The minimum absolute atomic E-state index is 0.146. The Bertz CT molecular complexity index is 1290. The van der Waals surface area contributed by atoms with E-state index in [-0.39, 0.29) is 23.9 Å². The van der Waals surface area contributed by atoms with Crippen molar-refractivity contribution in [1.29, 1.82) is 0 Å². The number of fused-ring (bicyclic) bond motifs is 1. The van der Waals surface area contributed by atoms with Crippen molar-refractivity contribution < 1.29 is 23.1 Å². The van der Waals surface area contributed by atoms with Gasteiger partial charge in [0.05, 0.1) is 23.7 Å². The summed E-state index contributed by atoms with van der Waals surface area (Å²) in [5.41, 5.74) is 2.51. The van der Waals surface area contributed by atoms with E-state index in [1.807, 2.05) is 0 Å². The molecule has 0 radical (unpaired) electrons. The van der Waals surface area contributed by atoms with Crippen LogP contribution < -0.4 is 15.4 Å². The number of hydrogen-bond acceptors (Lipinski definition) is 5. The van der Waals surface area contributed by atoms with Crippen LogP contribution >= 0.6 is 0 Å². The van der Waals surface area contributed by atoms with Gasteiger partial charge in [0.25, 0.3) is 5.91 Å². The maximum absolute atomic E-state index is 14.6. The molecule has 2 saturated carbocycles. The number of carbonyl (C=O) groups is 2. The fourth-order valence-corrected chi connectivity index (χ4v) is 4.69. The predicted octanol–water partition coefficient (Wildman–Crippen LogP) is 3.60. The normalized spacial score (nSPS) is 21.8. The molecule has 3 aromatic rings. The summed E-state index contributed by atoms with van der Waals surface area (Å²) in [4.78, 5) is 36.3. The van der Waals surface area contributed by atoms with E-state index in [2.05, 4.69) is 25.6 Å². The highest BCUT2D eigenvalue weighted by molar-refractivity contribution is 6.09. The molecule has 0 saturated heterocycles. The number of H-pyrrole nitrogens is 1. The van der Waals surface area contributed by atoms with Gasteiger partial charge in [-0.25, -0.2) is 18.7 Å². The number of hydrogen-bond donors (Lipinski definition) is 3.